The molecular formula is C18H26Cl2N2O. The van der Waals surface area contributed by atoms with E-state index in [1.54, 1.807) is 0 Å². The number of carbonyl (C=O) groups is 1. The maximum Gasteiger partial charge on any atom is 0.223 e. The van der Waals surface area contributed by atoms with Crippen LogP contribution in [0.5, 0.6) is 0 Å². The van der Waals surface area contributed by atoms with E-state index >= 15 is 0 Å². The Morgan fingerprint density at radius 3 is 2.39 bits per heavy atom. The van der Waals surface area contributed by atoms with Gasteiger partial charge in [-0.25, -0.2) is 0 Å². The SMILES string of the molecule is CC(c1ccc(Cl)cc1)N(C)C(=O)CC1CC2CCC(C1)N2.Cl. The van der Waals surface area contributed by atoms with Gasteiger partial charge in [0, 0.05) is 30.6 Å². The van der Waals surface area contributed by atoms with Crippen molar-refractivity contribution in [3.63, 3.8) is 0 Å². The Balaban J connectivity index is 0.00000192. The highest BCUT2D eigenvalue weighted by Crippen LogP contribution is 2.33. The van der Waals surface area contributed by atoms with Crippen molar-refractivity contribution in [2.24, 2.45) is 5.92 Å². The molecule has 3 unspecified atom stereocenters. The lowest BCUT2D eigenvalue weighted by Gasteiger charge is -2.31. The Morgan fingerprint density at radius 2 is 1.83 bits per heavy atom. The van der Waals surface area contributed by atoms with Gasteiger partial charge in [-0.3, -0.25) is 4.79 Å². The average molecular weight is 357 g/mol. The van der Waals surface area contributed by atoms with E-state index in [2.05, 4.69) is 12.2 Å². The van der Waals surface area contributed by atoms with Crippen LogP contribution in [0.1, 0.15) is 50.6 Å². The van der Waals surface area contributed by atoms with E-state index in [4.69, 9.17) is 11.6 Å². The van der Waals surface area contributed by atoms with Crippen LogP contribution in [-0.2, 0) is 4.79 Å². The standard InChI is InChI=1S/C18H25ClN2O.ClH/c1-12(14-3-5-15(19)6-4-14)21(2)18(22)11-13-9-16-7-8-17(10-13)20-16;/h3-6,12-13,16-17,20H,7-11H2,1-2H3;1H. The quantitative estimate of drug-likeness (QED) is 0.876. The maximum absolute atomic E-state index is 12.6. The molecule has 1 aromatic carbocycles. The Hall–Kier alpha value is -0.770. The molecule has 1 amide bonds. The molecule has 2 saturated heterocycles. The number of benzene rings is 1. The largest absolute Gasteiger partial charge is 0.339 e. The number of nitrogens with one attached hydrogen (secondary N) is 1. The molecule has 2 aliphatic heterocycles. The minimum absolute atomic E-state index is 0. The van der Waals surface area contributed by atoms with Gasteiger partial charge in [-0.2, -0.15) is 0 Å². The van der Waals surface area contributed by atoms with Crippen LogP contribution in [0, 0.1) is 5.92 Å². The van der Waals surface area contributed by atoms with Crippen molar-refractivity contribution in [2.45, 2.75) is 57.2 Å². The normalized spacial score (nSPS) is 27.2. The second-order valence-corrected chi connectivity index (χ2v) is 7.35. The van der Waals surface area contributed by atoms with Crippen LogP contribution >= 0.6 is 24.0 Å². The summed E-state index contributed by atoms with van der Waals surface area (Å²) in [5, 5.41) is 4.37. The lowest BCUT2D eigenvalue weighted by Crippen LogP contribution is -2.40. The monoisotopic (exact) mass is 356 g/mol. The Bertz CT molecular complexity index is 522. The van der Waals surface area contributed by atoms with Gasteiger partial charge in [-0.1, -0.05) is 23.7 Å². The first kappa shape index (κ1) is 18.6. The summed E-state index contributed by atoms with van der Waals surface area (Å²) in [7, 11) is 1.91. The first-order valence-corrected chi connectivity index (χ1v) is 8.68. The van der Waals surface area contributed by atoms with Crippen molar-refractivity contribution in [1.29, 1.82) is 0 Å². The van der Waals surface area contributed by atoms with Crippen molar-refractivity contribution in [3.05, 3.63) is 34.9 Å². The van der Waals surface area contributed by atoms with Crippen molar-refractivity contribution >= 4 is 29.9 Å². The molecule has 0 spiro atoms. The third-order valence-electron chi connectivity index (χ3n) is 5.36. The van der Waals surface area contributed by atoms with Gasteiger partial charge >= 0.3 is 0 Å². The van der Waals surface area contributed by atoms with Crippen LogP contribution in [-0.4, -0.2) is 29.9 Å². The van der Waals surface area contributed by atoms with E-state index in [0.717, 1.165) is 23.4 Å². The summed E-state index contributed by atoms with van der Waals surface area (Å²) in [6, 6.07) is 9.16. The number of hydrogen-bond acceptors (Lipinski definition) is 2. The molecule has 2 heterocycles. The zero-order chi connectivity index (χ0) is 15.7. The van der Waals surface area contributed by atoms with Crippen molar-refractivity contribution in [3.8, 4) is 0 Å². The predicted molar refractivity (Wildman–Crippen MR) is 97.2 cm³/mol. The van der Waals surface area contributed by atoms with E-state index in [9.17, 15) is 4.79 Å². The molecule has 0 radical (unpaired) electrons. The summed E-state index contributed by atoms with van der Waals surface area (Å²) in [5.74, 6) is 0.805. The zero-order valence-corrected chi connectivity index (χ0v) is 15.4. The average Bonchev–Trinajstić information content (AvgIpc) is 2.85. The number of piperidine rings is 1. The van der Waals surface area contributed by atoms with Gasteiger partial charge in [0.05, 0.1) is 6.04 Å². The van der Waals surface area contributed by atoms with Crippen LogP contribution in [0.25, 0.3) is 0 Å². The summed E-state index contributed by atoms with van der Waals surface area (Å²) >= 11 is 5.93. The lowest BCUT2D eigenvalue weighted by atomic mass is 9.89. The number of fused-ring (bicyclic) bond motifs is 2. The highest BCUT2D eigenvalue weighted by Gasteiger charge is 2.34. The van der Waals surface area contributed by atoms with Crippen molar-refractivity contribution in [1.82, 2.24) is 10.2 Å². The van der Waals surface area contributed by atoms with Crippen LogP contribution in [0.2, 0.25) is 5.02 Å². The van der Waals surface area contributed by atoms with Gasteiger partial charge < -0.3 is 10.2 Å². The summed E-state index contributed by atoms with van der Waals surface area (Å²) in [6.45, 7) is 2.08. The van der Waals surface area contributed by atoms with Gasteiger partial charge in [0.2, 0.25) is 5.91 Å². The molecule has 5 heteroatoms. The highest BCUT2D eigenvalue weighted by atomic mass is 35.5. The topological polar surface area (TPSA) is 32.3 Å². The Morgan fingerprint density at radius 1 is 1.26 bits per heavy atom. The first-order chi connectivity index (χ1) is 10.5. The van der Waals surface area contributed by atoms with Gasteiger partial charge in [0.1, 0.15) is 0 Å². The second-order valence-electron chi connectivity index (χ2n) is 6.91. The van der Waals surface area contributed by atoms with E-state index in [-0.39, 0.29) is 24.4 Å². The van der Waals surface area contributed by atoms with Gasteiger partial charge in [0.15, 0.2) is 0 Å². The molecule has 3 atom stereocenters. The number of hydrogen-bond donors (Lipinski definition) is 1. The van der Waals surface area contributed by atoms with E-state index in [1.165, 1.54) is 12.8 Å². The van der Waals surface area contributed by atoms with Crippen LogP contribution in [0.3, 0.4) is 0 Å². The summed E-state index contributed by atoms with van der Waals surface area (Å²) in [5.41, 5.74) is 1.13. The minimum atomic E-state index is 0. The third-order valence-corrected chi connectivity index (χ3v) is 5.61. The summed E-state index contributed by atoms with van der Waals surface area (Å²) in [4.78, 5) is 14.5. The predicted octanol–water partition coefficient (Wildman–Crippen LogP) is 4.20. The molecule has 0 saturated carbocycles. The number of rotatable bonds is 4. The fourth-order valence-corrected chi connectivity index (χ4v) is 4.04. The second kappa shape index (κ2) is 7.87. The molecule has 2 fully saturated rings. The molecule has 1 aromatic rings. The molecular weight excluding hydrogens is 331 g/mol. The Kier molecular flexibility index (Phi) is 6.35. The number of nitrogens with zero attached hydrogens (tertiary/aromatic N) is 1. The minimum Gasteiger partial charge on any atom is -0.339 e. The molecule has 2 bridgehead atoms. The molecule has 0 aromatic heterocycles. The van der Waals surface area contributed by atoms with E-state index < -0.39 is 0 Å². The zero-order valence-electron chi connectivity index (χ0n) is 13.8. The molecule has 23 heavy (non-hydrogen) atoms. The van der Waals surface area contributed by atoms with E-state index in [0.29, 0.717) is 24.4 Å². The van der Waals surface area contributed by atoms with Crippen molar-refractivity contribution < 1.29 is 4.79 Å². The number of halogens is 2. The molecule has 1 N–H and O–H groups in total. The van der Waals surface area contributed by atoms with Crippen LogP contribution in [0.15, 0.2) is 24.3 Å². The third kappa shape index (κ3) is 4.40. The van der Waals surface area contributed by atoms with Gasteiger partial charge in [0.25, 0.3) is 0 Å². The number of carbonyl (C=O) groups excluding carboxylic acids is 1. The lowest BCUT2D eigenvalue weighted by molar-refractivity contribution is -0.133. The van der Waals surface area contributed by atoms with E-state index in [1.807, 2.05) is 36.2 Å². The fraction of sp³-hybridized carbons (Fsp3) is 0.611. The smallest absolute Gasteiger partial charge is 0.223 e. The molecule has 0 aliphatic carbocycles. The number of amides is 1. The maximum atomic E-state index is 12.6. The molecule has 3 rings (SSSR count). The first-order valence-electron chi connectivity index (χ1n) is 8.30. The summed E-state index contributed by atoms with van der Waals surface area (Å²) < 4.78 is 0. The van der Waals surface area contributed by atoms with Crippen LogP contribution in [0.4, 0.5) is 0 Å². The molecule has 128 valence electrons. The summed E-state index contributed by atoms with van der Waals surface area (Å²) in [6.07, 6.45) is 5.57. The van der Waals surface area contributed by atoms with Gasteiger partial charge in [-0.15, -0.1) is 12.4 Å². The molecule has 2 aliphatic rings. The van der Waals surface area contributed by atoms with Crippen molar-refractivity contribution in [2.75, 3.05) is 7.05 Å². The van der Waals surface area contributed by atoms with Gasteiger partial charge in [-0.05, 0) is 56.2 Å². The van der Waals surface area contributed by atoms with Crippen LogP contribution < -0.4 is 5.32 Å². The molecule has 3 nitrogen and oxygen atoms in total. The highest BCUT2D eigenvalue weighted by molar-refractivity contribution is 6.30. The Labute approximate surface area is 150 Å². The fourth-order valence-electron chi connectivity index (χ4n) is 3.91.